The second kappa shape index (κ2) is 12.0. The third-order valence-electron chi connectivity index (χ3n) is 4.58. The highest BCUT2D eigenvalue weighted by Gasteiger charge is 2.26. The molecule has 0 fully saturated rings. The molecule has 0 unspecified atom stereocenters. The molecule has 7 nitrogen and oxygen atoms in total. The Morgan fingerprint density at radius 3 is 2.03 bits per heavy atom. The van der Waals surface area contributed by atoms with E-state index in [1.54, 1.807) is 69.4 Å². The molecule has 0 N–H and O–H groups in total. The van der Waals surface area contributed by atoms with Gasteiger partial charge in [-0.25, -0.2) is 4.68 Å². The highest BCUT2D eigenvalue weighted by Crippen LogP contribution is 2.30. The average molecular weight is 544 g/mol. The van der Waals surface area contributed by atoms with E-state index in [-0.39, 0.29) is 4.49 Å². The largest absolute Gasteiger partial charge is 0.460 e. The van der Waals surface area contributed by atoms with Gasteiger partial charge in [-0.15, -0.1) is 0 Å². The minimum absolute atomic E-state index is 0.0487. The second-order valence-electron chi connectivity index (χ2n) is 7.43. The van der Waals surface area contributed by atoms with Crippen molar-refractivity contribution in [3.05, 3.63) is 70.0 Å². The number of rotatable bonds is 10. The lowest BCUT2D eigenvalue weighted by molar-refractivity contribution is -0.145. The lowest BCUT2D eigenvalue weighted by atomic mass is 10.2. The third kappa shape index (κ3) is 8.10. The van der Waals surface area contributed by atoms with Crippen LogP contribution in [-0.2, 0) is 11.9 Å². The van der Waals surface area contributed by atoms with Crippen LogP contribution in [0, 0.1) is 6.92 Å². The van der Waals surface area contributed by atoms with Crippen LogP contribution in [0.1, 0.15) is 24.6 Å². The van der Waals surface area contributed by atoms with Gasteiger partial charge in [0.2, 0.25) is 5.88 Å². The Morgan fingerprint density at radius 2 is 1.50 bits per heavy atom. The van der Waals surface area contributed by atoms with Crippen LogP contribution >= 0.6 is 23.2 Å². The standard InChI is InChI=1S/C24H22Cl2F3N3O4/c1-15-21(14-30-33-13-12-24(27,28)29)23(32(3)31-15)36-20-10-8-19(9-11-20)35-18-6-4-17(5-7-18)34-16(2)22(25)26/h4-11,14H,12-13H2,1-3H3/b30-14+. The molecule has 0 aliphatic rings. The van der Waals surface area contributed by atoms with Gasteiger partial charge in [0.05, 0.1) is 23.9 Å². The fourth-order valence-electron chi connectivity index (χ4n) is 2.84. The molecule has 2 aromatic carbocycles. The molecular weight excluding hydrogens is 522 g/mol. The van der Waals surface area contributed by atoms with E-state index in [4.69, 9.17) is 42.3 Å². The average Bonchev–Trinajstić information content (AvgIpc) is 3.07. The zero-order chi connectivity index (χ0) is 26.3. The molecule has 0 atom stereocenters. The Hall–Kier alpha value is -3.37. The van der Waals surface area contributed by atoms with Crippen molar-refractivity contribution in [1.29, 1.82) is 0 Å². The Bertz CT molecular complexity index is 1220. The van der Waals surface area contributed by atoms with Crippen molar-refractivity contribution in [2.75, 3.05) is 6.61 Å². The van der Waals surface area contributed by atoms with Crippen molar-refractivity contribution in [3.63, 3.8) is 0 Å². The molecule has 0 bridgehead atoms. The second-order valence-corrected chi connectivity index (χ2v) is 8.38. The lowest BCUT2D eigenvalue weighted by Gasteiger charge is -2.10. The highest BCUT2D eigenvalue weighted by molar-refractivity contribution is 6.56. The predicted octanol–water partition coefficient (Wildman–Crippen LogP) is 7.66. The van der Waals surface area contributed by atoms with Crippen molar-refractivity contribution < 1.29 is 32.2 Å². The Morgan fingerprint density at radius 1 is 0.972 bits per heavy atom. The number of ether oxygens (including phenoxy) is 3. The minimum atomic E-state index is -4.31. The number of allylic oxidation sites excluding steroid dienone is 1. The number of hydrogen-bond acceptors (Lipinski definition) is 6. The van der Waals surface area contributed by atoms with Gasteiger partial charge in [0.1, 0.15) is 39.9 Å². The Kier molecular flexibility index (Phi) is 9.11. The van der Waals surface area contributed by atoms with Gasteiger partial charge in [0.25, 0.3) is 0 Å². The van der Waals surface area contributed by atoms with E-state index >= 15 is 0 Å². The van der Waals surface area contributed by atoms with Gasteiger partial charge in [-0.2, -0.15) is 18.3 Å². The maximum atomic E-state index is 12.2. The predicted molar refractivity (Wildman–Crippen MR) is 130 cm³/mol. The third-order valence-corrected chi connectivity index (χ3v) is 5.11. The quantitative estimate of drug-likeness (QED) is 0.114. The zero-order valence-electron chi connectivity index (χ0n) is 19.5. The number of oxime groups is 1. The monoisotopic (exact) mass is 543 g/mol. The summed E-state index contributed by atoms with van der Waals surface area (Å²) in [6.07, 6.45) is -4.12. The van der Waals surface area contributed by atoms with Crippen molar-refractivity contribution in [2.24, 2.45) is 12.2 Å². The summed E-state index contributed by atoms with van der Waals surface area (Å²) in [6, 6.07) is 13.7. The van der Waals surface area contributed by atoms with E-state index in [0.29, 0.717) is 45.9 Å². The minimum Gasteiger partial charge on any atom is -0.460 e. The first kappa shape index (κ1) is 27.2. The smallest absolute Gasteiger partial charge is 0.392 e. The molecule has 1 heterocycles. The number of alkyl halides is 3. The summed E-state index contributed by atoms with van der Waals surface area (Å²) in [6.45, 7) is 2.79. The topological polar surface area (TPSA) is 67.1 Å². The molecular formula is C24H22Cl2F3N3O4. The fraction of sp³-hybridized carbons (Fsp3) is 0.250. The highest BCUT2D eigenvalue weighted by atomic mass is 35.5. The number of aryl methyl sites for hydroxylation is 2. The van der Waals surface area contributed by atoms with Gasteiger partial charge in [0, 0.05) is 7.05 Å². The Balaban J connectivity index is 1.62. The van der Waals surface area contributed by atoms with E-state index in [1.807, 2.05) is 0 Å². The van der Waals surface area contributed by atoms with Crippen LogP contribution < -0.4 is 14.2 Å². The van der Waals surface area contributed by atoms with Crippen LogP contribution in [0.5, 0.6) is 28.9 Å². The number of halogens is 5. The molecule has 0 radical (unpaired) electrons. The summed E-state index contributed by atoms with van der Waals surface area (Å²) < 4.78 is 55.5. The number of aromatic nitrogens is 2. The van der Waals surface area contributed by atoms with Crippen LogP contribution in [0.3, 0.4) is 0 Å². The van der Waals surface area contributed by atoms with Crippen molar-refractivity contribution >= 4 is 29.4 Å². The molecule has 0 aliphatic heterocycles. The van der Waals surface area contributed by atoms with Gasteiger partial charge in [-0.1, -0.05) is 28.4 Å². The molecule has 36 heavy (non-hydrogen) atoms. The molecule has 3 rings (SSSR count). The first-order valence-electron chi connectivity index (χ1n) is 10.5. The molecule has 3 aromatic rings. The normalized spacial score (nSPS) is 11.4. The maximum absolute atomic E-state index is 12.2. The lowest BCUT2D eigenvalue weighted by Crippen LogP contribution is -2.10. The van der Waals surface area contributed by atoms with Crippen molar-refractivity contribution in [3.8, 4) is 28.9 Å². The van der Waals surface area contributed by atoms with Crippen molar-refractivity contribution in [1.82, 2.24) is 9.78 Å². The Labute approximate surface area is 215 Å². The van der Waals surface area contributed by atoms with E-state index in [9.17, 15) is 13.2 Å². The summed E-state index contributed by atoms with van der Waals surface area (Å²) >= 11 is 11.4. The van der Waals surface area contributed by atoms with Gasteiger partial charge in [-0.05, 0) is 62.4 Å². The molecule has 12 heteroatoms. The van der Waals surface area contributed by atoms with Gasteiger partial charge < -0.3 is 19.0 Å². The molecule has 0 saturated heterocycles. The fourth-order valence-corrected chi connectivity index (χ4v) is 2.92. The summed E-state index contributed by atoms with van der Waals surface area (Å²) in [7, 11) is 1.67. The summed E-state index contributed by atoms with van der Waals surface area (Å²) in [5.74, 6) is 2.93. The van der Waals surface area contributed by atoms with Gasteiger partial charge >= 0.3 is 6.18 Å². The van der Waals surface area contributed by atoms with Crippen LogP contribution in [-0.4, -0.2) is 28.8 Å². The molecule has 0 spiro atoms. The first-order chi connectivity index (χ1) is 17.0. The molecule has 0 amide bonds. The van der Waals surface area contributed by atoms with E-state index in [2.05, 4.69) is 10.3 Å². The SMILES string of the molecule is CC(Oc1ccc(Oc2ccc(Oc3c(/C=N/OCCC(F)(F)F)c(C)nn3C)cc2)cc1)=C(Cl)Cl. The van der Waals surface area contributed by atoms with Crippen LogP contribution in [0.25, 0.3) is 0 Å². The van der Waals surface area contributed by atoms with Gasteiger partial charge in [-0.3, -0.25) is 0 Å². The van der Waals surface area contributed by atoms with Crippen LogP contribution in [0.2, 0.25) is 0 Å². The summed E-state index contributed by atoms with van der Waals surface area (Å²) in [5, 5.41) is 7.88. The number of hydrogen-bond donors (Lipinski definition) is 0. The zero-order valence-corrected chi connectivity index (χ0v) is 21.0. The van der Waals surface area contributed by atoms with Crippen molar-refractivity contribution in [2.45, 2.75) is 26.4 Å². The van der Waals surface area contributed by atoms with E-state index in [0.717, 1.165) is 0 Å². The molecule has 0 aliphatic carbocycles. The first-order valence-corrected chi connectivity index (χ1v) is 11.3. The number of nitrogens with zero attached hydrogens (tertiary/aromatic N) is 3. The molecule has 1 aromatic heterocycles. The summed E-state index contributed by atoms with van der Waals surface area (Å²) in [5.41, 5.74) is 1.05. The van der Waals surface area contributed by atoms with E-state index in [1.165, 1.54) is 10.9 Å². The molecule has 0 saturated carbocycles. The van der Waals surface area contributed by atoms with E-state index < -0.39 is 19.2 Å². The maximum Gasteiger partial charge on any atom is 0.392 e. The van der Waals surface area contributed by atoms with Gasteiger partial charge in [0.15, 0.2) is 0 Å². The van der Waals surface area contributed by atoms with Crippen LogP contribution in [0.4, 0.5) is 13.2 Å². The summed E-state index contributed by atoms with van der Waals surface area (Å²) in [4.78, 5) is 4.71. The molecule has 192 valence electrons. The number of benzene rings is 2. The van der Waals surface area contributed by atoms with Crippen LogP contribution in [0.15, 0.2) is 63.9 Å².